The van der Waals surface area contributed by atoms with Crippen LogP contribution in [0.15, 0.2) is 18.2 Å². The van der Waals surface area contributed by atoms with E-state index < -0.39 is 9.84 Å². The summed E-state index contributed by atoms with van der Waals surface area (Å²) in [6, 6.07) is 5.12. The number of hydrogen-bond donors (Lipinski definition) is 2. The summed E-state index contributed by atoms with van der Waals surface area (Å²) in [6.07, 6.45) is 1.07. The van der Waals surface area contributed by atoms with Crippen LogP contribution in [0.4, 0.5) is 11.4 Å². The molecular formula is C11H16N2O3S. The lowest BCUT2D eigenvalue weighted by molar-refractivity contribution is -0.115. The Labute approximate surface area is 101 Å². The van der Waals surface area contributed by atoms with E-state index in [0.717, 1.165) is 11.8 Å². The third kappa shape index (κ3) is 4.86. The number of sulfone groups is 1. The second-order valence-electron chi connectivity index (χ2n) is 4.00. The van der Waals surface area contributed by atoms with Gasteiger partial charge in [-0.05, 0) is 30.7 Å². The van der Waals surface area contributed by atoms with E-state index in [4.69, 9.17) is 5.73 Å². The van der Waals surface area contributed by atoms with Crippen LogP contribution in [0.1, 0.15) is 12.0 Å². The third-order valence-corrected chi connectivity index (χ3v) is 3.17. The van der Waals surface area contributed by atoms with Crippen LogP contribution >= 0.6 is 0 Å². The summed E-state index contributed by atoms with van der Waals surface area (Å²) in [4.78, 5) is 11.5. The minimum Gasteiger partial charge on any atom is -0.399 e. The van der Waals surface area contributed by atoms with Crippen molar-refractivity contribution in [1.29, 1.82) is 0 Å². The summed E-state index contributed by atoms with van der Waals surface area (Å²) < 4.78 is 21.8. The molecule has 17 heavy (non-hydrogen) atoms. The van der Waals surface area contributed by atoms with Crippen LogP contribution in [0.2, 0.25) is 0 Å². The lowest BCUT2D eigenvalue weighted by atomic mass is 10.2. The molecule has 0 spiro atoms. The molecule has 0 fully saturated rings. The molecule has 0 aliphatic heterocycles. The molecular weight excluding hydrogens is 240 g/mol. The van der Waals surface area contributed by atoms with Gasteiger partial charge < -0.3 is 11.1 Å². The maximum Gasteiger partial charge on any atom is 0.225 e. The van der Waals surface area contributed by atoms with Gasteiger partial charge in [0, 0.05) is 24.1 Å². The molecule has 0 aliphatic carbocycles. The van der Waals surface area contributed by atoms with Crippen LogP contribution < -0.4 is 11.1 Å². The quantitative estimate of drug-likeness (QED) is 0.785. The zero-order valence-electron chi connectivity index (χ0n) is 9.86. The van der Waals surface area contributed by atoms with Gasteiger partial charge in [-0.15, -0.1) is 0 Å². The summed E-state index contributed by atoms with van der Waals surface area (Å²) in [6.45, 7) is 1.82. The van der Waals surface area contributed by atoms with Gasteiger partial charge in [-0.2, -0.15) is 0 Å². The lowest BCUT2D eigenvalue weighted by Gasteiger charge is -2.08. The van der Waals surface area contributed by atoms with E-state index in [-0.39, 0.29) is 18.1 Å². The molecule has 0 radical (unpaired) electrons. The molecule has 1 rings (SSSR count). The first-order valence-corrected chi connectivity index (χ1v) is 7.18. The molecule has 0 heterocycles. The molecule has 0 atom stereocenters. The topological polar surface area (TPSA) is 89.3 Å². The highest BCUT2D eigenvalue weighted by Gasteiger charge is 2.09. The first-order chi connectivity index (χ1) is 7.78. The van der Waals surface area contributed by atoms with Gasteiger partial charge in [0.2, 0.25) is 5.91 Å². The Kier molecular flexibility index (Phi) is 4.11. The Balaban J connectivity index is 2.62. The van der Waals surface area contributed by atoms with Crippen molar-refractivity contribution in [3.8, 4) is 0 Å². The van der Waals surface area contributed by atoms with E-state index in [9.17, 15) is 13.2 Å². The number of aryl methyl sites for hydroxylation is 1. The highest BCUT2D eigenvalue weighted by Crippen LogP contribution is 2.17. The molecule has 0 saturated heterocycles. The third-order valence-electron chi connectivity index (χ3n) is 2.22. The summed E-state index contributed by atoms with van der Waals surface area (Å²) in [5.41, 5.74) is 7.70. The van der Waals surface area contributed by atoms with E-state index in [0.29, 0.717) is 11.4 Å². The Morgan fingerprint density at radius 1 is 1.41 bits per heavy atom. The van der Waals surface area contributed by atoms with Crippen molar-refractivity contribution >= 4 is 27.1 Å². The van der Waals surface area contributed by atoms with E-state index >= 15 is 0 Å². The minimum absolute atomic E-state index is 0.0390. The highest BCUT2D eigenvalue weighted by molar-refractivity contribution is 7.90. The molecule has 0 saturated carbocycles. The number of carbonyl (C=O) groups excluding carboxylic acids is 1. The number of anilines is 2. The number of rotatable bonds is 4. The van der Waals surface area contributed by atoms with E-state index in [1.54, 1.807) is 18.2 Å². The molecule has 0 aromatic heterocycles. The van der Waals surface area contributed by atoms with Gasteiger partial charge in [-0.25, -0.2) is 8.42 Å². The van der Waals surface area contributed by atoms with E-state index in [1.807, 2.05) is 6.92 Å². The fourth-order valence-electron chi connectivity index (χ4n) is 1.32. The average molecular weight is 256 g/mol. The van der Waals surface area contributed by atoms with Crippen molar-refractivity contribution in [2.24, 2.45) is 0 Å². The number of nitrogens with two attached hydrogens (primary N) is 1. The second-order valence-corrected chi connectivity index (χ2v) is 6.26. The van der Waals surface area contributed by atoms with Gasteiger partial charge in [-0.1, -0.05) is 0 Å². The summed E-state index contributed by atoms with van der Waals surface area (Å²) in [5.74, 6) is -0.462. The number of nitrogens with one attached hydrogen (secondary N) is 1. The maximum atomic E-state index is 11.5. The number of hydrogen-bond acceptors (Lipinski definition) is 4. The highest BCUT2D eigenvalue weighted by atomic mass is 32.2. The Hall–Kier alpha value is -1.56. The first kappa shape index (κ1) is 13.5. The Bertz CT molecular complexity index is 524. The molecule has 1 amide bonds. The normalized spacial score (nSPS) is 11.2. The van der Waals surface area contributed by atoms with Gasteiger partial charge in [-0.3, -0.25) is 4.79 Å². The summed E-state index contributed by atoms with van der Waals surface area (Å²) >= 11 is 0. The van der Waals surface area contributed by atoms with E-state index in [2.05, 4.69) is 5.32 Å². The minimum atomic E-state index is -3.11. The predicted molar refractivity (Wildman–Crippen MR) is 68.5 cm³/mol. The summed E-state index contributed by atoms with van der Waals surface area (Å²) in [7, 11) is -3.11. The fourth-order valence-corrected chi connectivity index (χ4v) is 1.87. The van der Waals surface area contributed by atoms with Gasteiger partial charge in [0.1, 0.15) is 9.84 Å². The van der Waals surface area contributed by atoms with Crippen LogP contribution in [0.25, 0.3) is 0 Å². The van der Waals surface area contributed by atoms with Crippen LogP contribution in [0, 0.1) is 6.92 Å². The van der Waals surface area contributed by atoms with Gasteiger partial charge in [0.15, 0.2) is 0 Å². The Morgan fingerprint density at radius 2 is 2.06 bits per heavy atom. The van der Waals surface area contributed by atoms with Crippen molar-refractivity contribution in [3.05, 3.63) is 23.8 Å². The average Bonchev–Trinajstić information content (AvgIpc) is 2.18. The fraction of sp³-hybridized carbons (Fsp3) is 0.364. The van der Waals surface area contributed by atoms with Crippen molar-refractivity contribution in [2.75, 3.05) is 23.1 Å². The van der Waals surface area contributed by atoms with Gasteiger partial charge in [0.25, 0.3) is 0 Å². The predicted octanol–water partition coefficient (Wildman–Crippen LogP) is 0.950. The molecule has 0 bridgehead atoms. The van der Waals surface area contributed by atoms with Gasteiger partial charge in [0.05, 0.1) is 5.75 Å². The molecule has 1 aromatic rings. The van der Waals surface area contributed by atoms with Crippen molar-refractivity contribution in [1.82, 2.24) is 0 Å². The molecule has 94 valence electrons. The Morgan fingerprint density at radius 3 is 2.59 bits per heavy atom. The molecule has 0 unspecified atom stereocenters. The van der Waals surface area contributed by atoms with Crippen LogP contribution in [0.5, 0.6) is 0 Å². The monoisotopic (exact) mass is 256 g/mol. The first-order valence-electron chi connectivity index (χ1n) is 5.11. The van der Waals surface area contributed by atoms with Crippen LogP contribution in [-0.2, 0) is 14.6 Å². The molecule has 5 nitrogen and oxygen atoms in total. The molecule has 3 N–H and O–H groups in total. The van der Waals surface area contributed by atoms with E-state index in [1.165, 1.54) is 0 Å². The maximum absolute atomic E-state index is 11.5. The van der Waals surface area contributed by atoms with Crippen LogP contribution in [0.3, 0.4) is 0 Å². The molecule has 1 aromatic carbocycles. The lowest BCUT2D eigenvalue weighted by Crippen LogP contribution is -2.17. The van der Waals surface area contributed by atoms with Crippen LogP contribution in [-0.4, -0.2) is 26.3 Å². The number of nitrogen functional groups attached to an aromatic ring is 1. The number of carbonyl (C=O) groups is 1. The van der Waals surface area contributed by atoms with Crippen molar-refractivity contribution < 1.29 is 13.2 Å². The zero-order valence-corrected chi connectivity index (χ0v) is 10.7. The zero-order chi connectivity index (χ0) is 13.1. The largest absolute Gasteiger partial charge is 0.399 e. The second kappa shape index (κ2) is 5.18. The van der Waals surface area contributed by atoms with Crippen molar-refractivity contribution in [3.63, 3.8) is 0 Å². The van der Waals surface area contributed by atoms with Crippen molar-refractivity contribution in [2.45, 2.75) is 13.3 Å². The standard InChI is InChI=1S/C11H16N2O3S/c1-8-7-9(12)3-4-10(8)13-11(14)5-6-17(2,15)16/h3-4,7H,5-6,12H2,1-2H3,(H,13,14). The molecule has 6 heteroatoms. The number of benzene rings is 1. The number of amides is 1. The summed E-state index contributed by atoms with van der Waals surface area (Å²) in [5, 5.41) is 2.65. The molecule has 0 aliphatic rings. The van der Waals surface area contributed by atoms with Gasteiger partial charge >= 0.3 is 0 Å². The SMILES string of the molecule is Cc1cc(N)ccc1NC(=O)CCS(C)(=O)=O. The smallest absolute Gasteiger partial charge is 0.225 e.